The first-order valence-corrected chi connectivity index (χ1v) is 6.70. The Balaban J connectivity index is 2.27. The van der Waals surface area contributed by atoms with Crippen LogP contribution in [0.25, 0.3) is 0 Å². The highest BCUT2D eigenvalue weighted by Gasteiger charge is 2.34. The molecule has 0 radical (unpaired) electrons. The summed E-state index contributed by atoms with van der Waals surface area (Å²) < 4.78 is 0. The van der Waals surface area contributed by atoms with Crippen molar-refractivity contribution >= 4 is 34.8 Å². The van der Waals surface area contributed by atoms with Crippen molar-refractivity contribution in [1.29, 1.82) is 0 Å². The summed E-state index contributed by atoms with van der Waals surface area (Å²) in [6.45, 7) is 0. The summed E-state index contributed by atoms with van der Waals surface area (Å²) in [5, 5.41) is 9.20. The lowest BCUT2D eigenvalue weighted by atomic mass is 9.84. The normalized spacial score (nSPS) is 12.6. The van der Waals surface area contributed by atoms with Gasteiger partial charge in [0.25, 0.3) is 5.09 Å². The predicted molar refractivity (Wildman–Crippen MR) is 77.4 cm³/mol. The quantitative estimate of drug-likeness (QED) is 0.528. The van der Waals surface area contributed by atoms with Crippen molar-refractivity contribution in [3.05, 3.63) is 72.7 Å². The molecule has 2 aromatic rings. The van der Waals surface area contributed by atoms with Gasteiger partial charge in [-0.2, -0.15) is 0 Å². The molecule has 0 atom stereocenters. The fourth-order valence-corrected chi connectivity index (χ4v) is 2.88. The number of hydrogen-bond donors (Lipinski definition) is 0. The zero-order valence-corrected chi connectivity index (χ0v) is 12.1. The second-order valence-corrected chi connectivity index (χ2v) is 5.22. The van der Waals surface area contributed by atoms with Crippen LogP contribution in [0, 0.1) is 10.1 Å². The molecule has 8 heteroatoms. The SMILES string of the molecule is O=C1c2cccc(Cl)c2C(=O)c2c1ccc(O[N+](=O)[O-])c2Cl. The number of rotatable bonds is 2. The van der Waals surface area contributed by atoms with Gasteiger partial charge in [-0.1, -0.05) is 35.3 Å². The predicted octanol–water partition coefficient (Wildman–Crippen LogP) is 3.34. The van der Waals surface area contributed by atoms with Crippen LogP contribution in [0.2, 0.25) is 10.0 Å². The summed E-state index contributed by atoms with van der Waals surface area (Å²) >= 11 is 12.0. The van der Waals surface area contributed by atoms with Gasteiger partial charge >= 0.3 is 0 Å². The van der Waals surface area contributed by atoms with Crippen molar-refractivity contribution in [2.24, 2.45) is 0 Å². The van der Waals surface area contributed by atoms with E-state index in [1.807, 2.05) is 0 Å². The average Bonchev–Trinajstić information content (AvgIpc) is 2.46. The summed E-state index contributed by atoms with van der Waals surface area (Å²) in [5.74, 6) is -1.32. The van der Waals surface area contributed by atoms with Crippen LogP contribution in [0.3, 0.4) is 0 Å². The number of nitrogens with zero attached hydrogens (tertiary/aromatic N) is 1. The fourth-order valence-electron chi connectivity index (χ4n) is 2.33. The van der Waals surface area contributed by atoms with Crippen LogP contribution in [-0.4, -0.2) is 16.7 Å². The molecular formula is C14H5Cl2NO5. The number of ketones is 2. The van der Waals surface area contributed by atoms with Gasteiger partial charge in [0.1, 0.15) is 5.75 Å². The molecule has 0 fully saturated rings. The standard InChI is InChI=1S/C14H5Cl2NO5/c15-8-3-1-2-6-10(8)14(19)11-7(13(6)18)4-5-9(12(11)16)22-17(20)21/h1-5H. The van der Waals surface area contributed by atoms with Crippen LogP contribution in [0.5, 0.6) is 5.75 Å². The van der Waals surface area contributed by atoms with Gasteiger partial charge in [-0.15, -0.1) is 10.1 Å². The number of halogens is 2. The molecule has 1 aliphatic rings. The molecule has 1 aliphatic carbocycles. The fraction of sp³-hybridized carbons (Fsp3) is 0. The van der Waals surface area contributed by atoms with E-state index in [1.54, 1.807) is 6.07 Å². The maximum atomic E-state index is 12.6. The Morgan fingerprint density at radius 1 is 0.955 bits per heavy atom. The number of hydrogen-bond acceptors (Lipinski definition) is 5. The topological polar surface area (TPSA) is 86.5 Å². The van der Waals surface area contributed by atoms with E-state index in [9.17, 15) is 19.7 Å². The highest BCUT2D eigenvalue weighted by molar-refractivity contribution is 6.43. The molecule has 6 nitrogen and oxygen atoms in total. The monoisotopic (exact) mass is 337 g/mol. The second-order valence-electron chi connectivity index (χ2n) is 4.44. The van der Waals surface area contributed by atoms with E-state index in [-0.39, 0.29) is 38.0 Å². The number of carbonyl (C=O) groups is 2. The van der Waals surface area contributed by atoms with Gasteiger partial charge in [-0.25, -0.2) is 0 Å². The largest absolute Gasteiger partial charge is 0.299 e. The van der Waals surface area contributed by atoms with Gasteiger partial charge in [-0.3, -0.25) is 14.4 Å². The van der Waals surface area contributed by atoms with E-state index in [0.29, 0.717) is 0 Å². The zero-order valence-electron chi connectivity index (χ0n) is 10.6. The van der Waals surface area contributed by atoms with E-state index in [0.717, 1.165) is 0 Å². The van der Waals surface area contributed by atoms with E-state index < -0.39 is 16.7 Å². The van der Waals surface area contributed by atoms with Crippen molar-refractivity contribution in [3.63, 3.8) is 0 Å². The number of benzene rings is 2. The molecule has 0 amide bonds. The molecule has 0 aliphatic heterocycles. The third-order valence-corrected chi connectivity index (χ3v) is 3.93. The lowest BCUT2D eigenvalue weighted by Gasteiger charge is -2.20. The highest BCUT2D eigenvalue weighted by atomic mass is 35.5. The van der Waals surface area contributed by atoms with Crippen molar-refractivity contribution in [1.82, 2.24) is 0 Å². The highest BCUT2D eigenvalue weighted by Crippen LogP contribution is 2.39. The van der Waals surface area contributed by atoms with Gasteiger partial charge in [-0.05, 0) is 18.2 Å². The number of carbonyl (C=O) groups excluding carboxylic acids is 2. The lowest BCUT2D eigenvalue weighted by Crippen LogP contribution is -2.22. The van der Waals surface area contributed by atoms with Gasteiger partial charge < -0.3 is 0 Å². The molecule has 22 heavy (non-hydrogen) atoms. The summed E-state index contributed by atoms with van der Waals surface area (Å²) in [6.07, 6.45) is 0. The third kappa shape index (κ3) is 2.04. The van der Waals surface area contributed by atoms with Crippen LogP contribution in [0.1, 0.15) is 31.8 Å². The molecule has 0 saturated carbocycles. The Bertz CT molecular complexity index is 863. The smallest absolute Gasteiger partial charge is 0.289 e. The molecule has 110 valence electrons. The van der Waals surface area contributed by atoms with E-state index >= 15 is 0 Å². The van der Waals surface area contributed by atoms with Crippen LogP contribution >= 0.6 is 23.2 Å². The Labute approximate surface area is 133 Å². The van der Waals surface area contributed by atoms with Crippen LogP contribution in [-0.2, 0) is 0 Å². The van der Waals surface area contributed by atoms with Gasteiger partial charge in [0.2, 0.25) is 0 Å². The molecule has 0 spiro atoms. The van der Waals surface area contributed by atoms with E-state index in [2.05, 4.69) is 4.84 Å². The second kappa shape index (κ2) is 5.08. The van der Waals surface area contributed by atoms with E-state index in [4.69, 9.17) is 23.2 Å². The van der Waals surface area contributed by atoms with Gasteiger partial charge in [0.15, 0.2) is 11.6 Å². The van der Waals surface area contributed by atoms with Crippen molar-refractivity contribution < 1.29 is 19.5 Å². The maximum Gasteiger partial charge on any atom is 0.299 e. The molecule has 0 aromatic heterocycles. The number of fused-ring (bicyclic) bond motifs is 2. The molecule has 2 aromatic carbocycles. The Kier molecular flexibility index (Phi) is 3.35. The summed E-state index contributed by atoms with van der Waals surface area (Å²) in [4.78, 5) is 39.8. The Morgan fingerprint density at radius 2 is 1.64 bits per heavy atom. The van der Waals surface area contributed by atoms with Crippen molar-refractivity contribution in [2.45, 2.75) is 0 Å². The Hall–Kier alpha value is -2.44. The van der Waals surface area contributed by atoms with Crippen LogP contribution in [0.15, 0.2) is 30.3 Å². The minimum Gasteiger partial charge on any atom is -0.289 e. The summed E-state index contributed by atoms with van der Waals surface area (Å²) in [7, 11) is 0. The molecule has 3 rings (SSSR count). The summed E-state index contributed by atoms with van der Waals surface area (Å²) in [6, 6.07) is 6.96. The minimum atomic E-state index is -1.05. The lowest BCUT2D eigenvalue weighted by molar-refractivity contribution is -0.711. The minimum absolute atomic E-state index is 0.0295. The third-order valence-electron chi connectivity index (χ3n) is 3.24. The van der Waals surface area contributed by atoms with E-state index in [1.165, 1.54) is 24.3 Å². The first kappa shape index (κ1) is 14.5. The first-order chi connectivity index (χ1) is 10.4. The average molecular weight is 338 g/mol. The van der Waals surface area contributed by atoms with Gasteiger partial charge in [0.05, 0.1) is 21.2 Å². The van der Waals surface area contributed by atoms with Gasteiger partial charge in [0, 0.05) is 11.1 Å². The first-order valence-electron chi connectivity index (χ1n) is 5.94. The maximum absolute atomic E-state index is 12.6. The molecular weight excluding hydrogens is 333 g/mol. The molecule has 0 unspecified atom stereocenters. The molecule has 0 heterocycles. The van der Waals surface area contributed by atoms with Crippen LogP contribution in [0.4, 0.5) is 0 Å². The summed E-state index contributed by atoms with van der Waals surface area (Å²) in [5.41, 5.74) is 0.109. The van der Waals surface area contributed by atoms with Crippen LogP contribution < -0.4 is 4.84 Å². The molecule has 0 N–H and O–H groups in total. The molecule has 0 bridgehead atoms. The Morgan fingerprint density at radius 3 is 2.32 bits per heavy atom. The zero-order chi connectivity index (χ0) is 16.0. The van der Waals surface area contributed by atoms with Crippen molar-refractivity contribution in [3.8, 4) is 5.75 Å². The van der Waals surface area contributed by atoms with Crippen molar-refractivity contribution in [2.75, 3.05) is 0 Å². The molecule has 0 saturated heterocycles.